The van der Waals surface area contributed by atoms with Crippen molar-refractivity contribution in [1.29, 1.82) is 0 Å². The van der Waals surface area contributed by atoms with Crippen molar-refractivity contribution in [3.8, 4) is 0 Å². The van der Waals surface area contributed by atoms with E-state index in [9.17, 15) is 9.59 Å². The first-order valence-electron chi connectivity index (χ1n) is 7.04. The number of carbonyl (C=O) groups excluding carboxylic acids is 2. The highest BCUT2D eigenvalue weighted by Gasteiger charge is 2.53. The molecule has 106 valence electrons. The number of carbonyl (C=O) groups is 2. The second kappa shape index (κ2) is 5.32. The summed E-state index contributed by atoms with van der Waals surface area (Å²) in [6, 6.07) is -0.173. The largest absolute Gasteiger partial charge is 0.381 e. The highest BCUT2D eigenvalue weighted by atomic mass is 32.2. The van der Waals surface area contributed by atoms with Crippen LogP contribution in [0.2, 0.25) is 0 Å². The van der Waals surface area contributed by atoms with Crippen LogP contribution < -0.4 is 5.32 Å². The van der Waals surface area contributed by atoms with Crippen LogP contribution in [0.1, 0.15) is 32.1 Å². The molecular formula is C13H20N2O3S. The number of hydrogen-bond donors (Lipinski definition) is 1. The van der Waals surface area contributed by atoms with Gasteiger partial charge in [0.15, 0.2) is 0 Å². The summed E-state index contributed by atoms with van der Waals surface area (Å²) in [5.74, 6) is 1.91. The molecule has 0 aromatic heterocycles. The number of thioether (sulfide) groups is 1. The summed E-state index contributed by atoms with van der Waals surface area (Å²) in [5, 5.41) is 2.97. The second-order valence-corrected chi connectivity index (χ2v) is 6.72. The van der Waals surface area contributed by atoms with Crippen LogP contribution in [0.5, 0.6) is 0 Å². The number of nitrogens with one attached hydrogen (secondary N) is 1. The molecule has 3 fully saturated rings. The number of imide groups is 1. The zero-order chi connectivity index (χ0) is 13.3. The van der Waals surface area contributed by atoms with E-state index >= 15 is 0 Å². The lowest BCUT2D eigenvalue weighted by molar-refractivity contribution is -0.133. The van der Waals surface area contributed by atoms with Crippen molar-refractivity contribution < 1.29 is 14.3 Å². The summed E-state index contributed by atoms with van der Waals surface area (Å²) in [6.07, 6.45) is 4.09. The number of ether oxygens (including phenoxy) is 1. The third-order valence-corrected chi connectivity index (χ3v) is 5.31. The third-order valence-electron chi connectivity index (χ3n) is 4.33. The minimum Gasteiger partial charge on any atom is -0.381 e. The molecular weight excluding hydrogens is 264 g/mol. The highest BCUT2D eigenvalue weighted by Crippen LogP contribution is 2.34. The first-order chi connectivity index (χ1) is 9.23. The van der Waals surface area contributed by atoms with Crippen LogP contribution in [0.15, 0.2) is 0 Å². The van der Waals surface area contributed by atoms with Gasteiger partial charge in [-0.25, -0.2) is 4.79 Å². The van der Waals surface area contributed by atoms with E-state index in [1.54, 1.807) is 0 Å². The normalized spacial score (nSPS) is 31.4. The molecule has 1 N–H and O–H groups in total. The Morgan fingerprint density at radius 3 is 2.79 bits per heavy atom. The lowest BCUT2D eigenvalue weighted by Gasteiger charge is -2.31. The molecule has 3 rings (SSSR count). The van der Waals surface area contributed by atoms with Gasteiger partial charge in [0.1, 0.15) is 5.54 Å². The Balaban J connectivity index is 1.78. The molecule has 0 radical (unpaired) electrons. The topological polar surface area (TPSA) is 58.6 Å². The van der Waals surface area contributed by atoms with Crippen LogP contribution in [0, 0.1) is 0 Å². The number of nitrogens with zero attached hydrogens (tertiary/aromatic N) is 1. The molecule has 0 aromatic rings. The molecule has 0 saturated carbocycles. The molecule has 3 heterocycles. The van der Waals surface area contributed by atoms with Crippen LogP contribution in [-0.2, 0) is 9.53 Å². The van der Waals surface area contributed by atoms with Crippen molar-refractivity contribution in [2.75, 3.05) is 24.7 Å². The molecule has 0 bridgehead atoms. The van der Waals surface area contributed by atoms with Gasteiger partial charge in [-0.1, -0.05) is 0 Å². The Labute approximate surface area is 117 Å². The monoisotopic (exact) mass is 284 g/mol. The quantitative estimate of drug-likeness (QED) is 0.739. The van der Waals surface area contributed by atoms with Gasteiger partial charge in [-0.2, -0.15) is 11.8 Å². The molecule has 1 atom stereocenters. The van der Waals surface area contributed by atoms with Gasteiger partial charge in [0.2, 0.25) is 0 Å². The van der Waals surface area contributed by atoms with E-state index in [1.807, 2.05) is 11.8 Å². The Morgan fingerprint density at radius 2 is 2.00 bits per heavy atom. The Bertz CT molecular complexity index is 374. The molecule has 3 aliphatic heterocycles. The standard InChI is InChI=1S/C13H20N2O3S/c16-11-13(4-8-19-9-5-13)14-12(17)15(11)10-2-1-6-18-7-3-10/h10H,1-9H2,(H,14,17). The fourth-order valence-electron chi connectivity index (χ4n) is 3.18. The predicted octanol–water partition coefficient (Wildman–Crippen LogP) is 1.37. The van der Waals surface area contributed by atoms with E-state index in [1.165, 1.54) is 4.90 Å². The summed E-state index contributed by atoms with van der Waals surface area (Å²) in [5.41, 5.74) is -0.602. The van der Waals surface area contributed by atoms with E-state index < -0.39 is 5.54 Å². The Hall–Kier alpha value is -0.750. The van der Waals surface area contributed by atoms with E-state index in [0.717, 1.165) is 50.2 Å². The van der Waals surface area contributed by atoms with Crippen molar-refractivity contribution in [3.63, 3.8) is 0 Å². The van der Waals surface area contributed by atoms with Gasteiger partial charge in [0.05, 0.1) is 0 Å². The van der Waals surface area contributed by atoms with Crippen LogP contribution in [0.3, 0.4) is 0 Å². The van der Waals surface area contributed by atoms with Gasteiger partial charge < -0.3 is 10.1 Å². The lowest BCUT2D eigenvalue weighted by Crippen LogP contribution is -2.50. The lowest BCUT2D eigenvalue weighted by atomic mass is 9.92. The van der Waals surface area contributed by atoms with Gasteiger partial charge in [-0.05, 0) is 43.6 Å². The van der Waals surface area contributed by atoms with Crippen molar-refractivity contribution in [1.82, 2.24) is 10.2 Å². The van der Waals surface area contributed by atoms with Gasteiger partial charge in [0, 0.05) is 19.3 Å². The maximum absolute atomic E-state index is 12.7. The smallest absolute Gasteiger partial charge is 0.325 e. The Morgan fingerprint density at radius 1 is 1.21 bits per heavy atom. The summed E-state index contributed by atoms with van der Waals surface area (Å²) in [7, 11) is 0. The SMILES string of the molecule is O=C1NC2(CCSCC2)C(=O)N1C1CCCOCC1. The average Bonchev–Trinajstić information content (AvgIpc) is 2.63. The molecule has 0 aliphatic carbocycles. The van der Waals surface area contributed by atoms with Crippen molar-refractivity contribution in [2.45, 2.75) is 43.7 Å². The van der Waals surface area contributed by atoms with Gasteiger partial charge in [0.25, 0.3) is 5.91 Å². The molecule has 3 saturated heterocycles. The average molecular weight is 284 g/mol. The minimum absolute atomic E-state index is 0.00435. The van der Waals surface area contributed by atoms with Crippen LogP contribution >= 0.6 is 11.8 Å². The molecule has 1 unspecified atom stereocenters. The highest BCUT2D eigenvalue weighted by molar-refractivity contribution is 7.99. The van der Waals surface area contributed by atoms with Gasteiger partial charge >= 0.3 is 6.03 Å². The number of rotatable bonds is 1. The zero-order valence-electron chi connectivity index (χ0n) is 11.0. The number of amides is 3. The minimum atomic E-state index is -0.602. The molecule has 3 aliphatic rings. The summed E-state index contributed by atoms with van der Waals surface area (Å²) in [4.78, 5) is 26.4. The zero-order valence-corrected chi connectivity index (χ0v) is 11.8. The van der Waals surface area contributed by atoms with Crippen LogP contribution in [0.25, 0.3) is 0 Å². The number of hydrogen-bond acceptors (Lipinski definition) is 4. The number of urea groups is 1. The maximum Gasteiger partial charge on any atom is 0.325 e. The fourth-order valence-corrected chi connectivity index (χ4v) is 4.37. The van der Waals surface area contributed by atoms with Gasteiger partial charge in [-0.3, -0.25) is 9.69 Å². The van der Waals surface area contributed by atoms with E-state index in [-0.39, 0.29) is 18.0 Å². The van der Waals surface area contributed by atoms with Crippen LogP contribution in [0.4, 0.5) is 4.79 Å². The molecule has 3 amide bonds. The first kappa shape index (κ1) is 13.2. The van der Waals surface area contributed by atoms with E-state index in [2.05, 4.69) is 5.32 Å². The maximum atomic E-state index is 12.7. The molecule has 6 heteroatoms. The first-order valence-corrected chi connectivity index (χ1v) is 8.20. The third kappa shape index (κ3) is 2.36. The summed E-state index contributed by atoms with van der Waals surface area (Å²) >= 11 is 1.86. The molecule has 5 nitrogen and oxygen atoms in total. The molecule has 19 heavy (non-hydrogen) atoms. The molecule has 0 aromatic carbocycles. The fraction of sp³-hybridized carbons (Fsp3) is 0.846. The van der Waals surface area contributed by atoms with Gasteiger partial charge in [-0.15, -0.1) is 0 Å². The molecule has 1 spiro atoms. The second-order valence-electron chi connectivity index (χ2n) is 5.50. The van der Waals surface area contributed by atoms with Crippen molar-refractivity contribution in [3.05, 3.63) is 0 Å². The summed E-state index contributed by atoms with van der Waals surface area (Å²) < 4.78 is 5.42. The van der Waals surface area contributed by atoms with Crippen molar-refractivity contribution >= 4 is 23.7 Å². The van der Waals surface area contributed by atoms with Crippen molar-refractivity contribution in [2.24, 2.45) is 0 Å². The Kier molecular flexibility index (Phi) is 3.71. The van der Waals surface area contributed by atoms with Crippen LogP contribution in [-0.4, -0.2) is 53.1 Å². The van der Waals surface area contributed by atoms with E-state index in [4.69, 9.17) is 4.74 Å². The van der Waals surface area contributed by atoms with E-state index in [0.29, 0.717) is 6.61 Å². The summed E-state index contributed by atoms with van der Waals surface area (Å²) in [6.45, 7) is 1.38. The predicted molar refractivity (Wildman–Crippen MR) is 73.1 cm³/mol.